The molecule has 0 aromatic carbocycles. The van der Waals surface area contributed by atoms with Gasteiger partial charge in [-0.1, -0.05) is 0 Å². The predicted octanol–water partition coefficient (Wildman–Crippen LogP) is 2.47. The third kappa shape index (κ3) is 4.87. The minimum absolute atomic E-state index is 0.174. The summed E-state index contributed by atoms with van der Waals surface area (Å²) >= 11 is 1.31. The maximum absolute atomic E-state index is 12.3. The summed E-state index contributed by atoms with van der Waals surface area (Å²) in [5, 5.41) is 7.46. The first-order valence-corrected chi connectivity index (χ1v) is 8.64. The second-order valence-corrected chi connectivity index (χ2v) is 6.60. The molecule has 6 nitrogen and oxygen atoms in total. The van der Waals surface area contributed by atoms with E-state index in [1.54, 1.807) is 36.0 Å². The molecule has 24 heavy (non-hydrogen) atoms. The predicted molar refractivity (Wildman–Crippen MR) is 96.6 cm³/mol. The lowest BCUT2D eigenvalue weighted by Crippen LogP contribution is -2.36. The number of nitrogens with one attached hydrogen (secondary N) is 2. The highest BCUT2D eigenvalue weighted by molar-refractivity contribution is 7.12. The molecule has 7 heteroatoms. The molecule has 0 fully saturated rings. The zero-order valence-corrected chi connectivity index (χ0v) is 14.9. The molecule has 0 atom stereocenters. The molecule has 0 unspecified atom stereocenters. The third-order valence-electron chi connectivity index (χ3n) is 3.69. The van der Waals surface area contributed by atoms with Crippen LogP contribution in [0.4, 0.5) is 5.69 Å². The highest BCUT2D eigenvalue weighted by atomic mass is 32.1. The lowest BCUT2D eigenvalue weighted by Gasteiger charge is -2.20. The molecule has 0 aliphatic carbocycles. The zero-order valence-electron chi connectivity index (χ0n) is 14.1. The first kappa shape index (κ1) is 18.1. The van der Waals surface area contributed by atoms with E-state index in [-0.39, 0.29) is 11.8 Å². The molecular weight excluding hydrogens is 324 g/mol. The van der Waals surface area contributed by atoms with E-state index in [1.165, 1.54) is 11.3 Å². The van der Waals surface area contributed by atoms with Crippen molar-refractivity contribution in [1.82, 2.24) is 15.2 Å². The van der Waals surface area contributed by atoms with E-state index in [0.717, 1.165) is 6.54 Å². The van der Waals surface area contributed by atoms with Gasteiger partial charge in [0.2, 0.25) is 0 Å². The Morgan fingerprint density at radius 1 is 1.21 bits per heavy atom. The Balaban J connectivity index is 1.94. The maximum Gasteiger partial charge on any atom is 0.263 e. The van der Waals surface area contributed by atoms with Crippen LogP contribution < -0.4 is 10.6 Å². The summed E-state index contributed by atoms with van der Waals surface area (Å²) in [6.45, 7) is 5.54. The second kappa shape index (κ2) is 8.56. The average molecular weight is 346 g/mol. The Bertz CT molecular complexity index is 685. The SMILES string of the molecule is CC(C)N(C)CCNC(=O)c1sccc1NC(=O)c1ccncc1. The summed E-state index contributed by atoms with van der Waals surface area (Å²) in [4.78, 5) is 31.1. The smallest absolute Gasteiger partial charge is 0.263 e. The Labute approximate surface area is 145 Å². The first-order valence-electron chi connectivity index (χ1n) is 7.76. The Morgan fingerprint density at radius 2 is 1.92 bits per heavy atom. The molecule has 0 aliphatic heterocycles. The van der Waals surface area contributed by atoms with Crippen LogP contribution in [-0.2, 0) is 0 Å². The van der Waals surface area contributed by atoms with Crippen molar-refractivity contribution in [3.05, 3.63) is 46.4 Å². The van der Waals surface area contributed by atoms with Gasteiger partial charge in [0.15, 0.2) is 0 Å². The molecule has 2 rings (SSSR count). The van der Waals surface area contributed by atoms with Gasteiger partial charge in [0, 0.05) is 37.1 Å². The molecule has 0 aliphatic rings. The van der Waals surface area contributed by atoms with Crippen LogP contribution in [0.1, 0.15) is 33.9 Å². The minimum atomic E-state index is -0.260. The third-order valence-corrected chi connectivity index (χ3v) is 4.61. The van der Waals surface area contributed by atoms with Gasteiger partial charge in [-0.15, -0.1) is 11.3 Å². The molecule has 128 valence electrons. The molecule has 0 saturated heterocycles. The number of anilines is 1. The van der Waals surface area contributed by atoms with Gasteiger partial charge in [-0.25, -0.2) is 0 Å². The molecular formula is C17H22N4O2S. The zero-order chi connectivity index (χ0) is 17.5. The van der Waals surface area contributed by atoms with E-state index in [2.05, 4.69) is 34.4 Å². The highest BCUT2D eigenvalue weighted by Gasteiger charge is 2.16. The molecule has 2 heterocycles. The van der Waals surface area contributed by atoms with E-state index in [0.29, 0.717) is 28.7 Å². The van der Waals surface area contributed by atoms with E-state index in [9.17, 15) is 9.59 Å². The van der Waals surface area contributed by atoms with Crippen LogP contribution >= 0.6 is 11.3 Å². The fourth-order valence-corrected chi connectivity index (χ4v) is 2.73. The van der Waals surface area contributed by atoms with Gasteiger partial charge in [0.05, 0.1) is 5.69 Å². The summed E-state index contributed by atoms with van der Waals surface area (Å²) in [6.07, 6.45) is 3.11. The number of hydrogen-bond acceptors (Lipinski definition) is 5. The number of carbonyl (C=O) groups is 2. The largest absolute Gasteiger partial charge is 0.350 e. The first-order chi connectivity index (χ1) is 11.5. The molecule has 2 aromatic rings. The van der Waals surface area contributed by atoms with Crippen LogP contribution in [-0.4, -0.2) is 47.9 Å². The lowest BCUT2D eigenvalue weighted by molar-refractivity contribution is 0.0953. The normalized spacial score (nSPS) is 10.9. The van der Waals surface area contributed by atoms with Crippen LogP contribution in [0.3, 0.4) is 0 Å². The summed E-state index contributed by atoms with van der Waals surface area (Å²) in [5.74, 6) is -0.434. The number of aromatic nitrogens is 1. The summed E-state index contributed by atoms with van der Waals surface area (Å²) in [6, 6.07) is 5.42. The van der Waals surface area contributed by atoms with Crippen LogP contribution in [0.2, 0.25) is 0 Å². The number of likely N-dealkylation sites (N-methyl/N-ethyl adjacent to an activating group) is 1. The maximum atomic E-state index is 12.3. The fourth-order valence-electron chi connectivity index (χ4n) is 1.97. The Kier molecular flexibility index (Phi) is 6.45. The van der Waals surface area contributed by atoms with Gasteiger partial charge < -0.3 is 15.5 Å². The van der Waals surface area contributed by atoms with Crippen molar-refractivity contribution in [2.75, 3.05) is 25.5 Å². The van der Waals surface area contributed by atoms with E-state index < -0.39 is 0 Å². The number of pyridine rings is 1. The fraction of sp³-hybridized carbons (Fsp3) is 0.353. The van der Waals surface area contributed by atoms with Crippen LogP contribution in [0.15, 0.2) is 36.0 Å². The van der Waals surface area contributed by atoms with Gasteiger partial charge in [-0.3, -0.25) is 14.6 Å². The molecule has 2 aromatic heterocycles. The van der Waals surface area contributed by atoms with Gasteiger partial charge in [0.25, 0.3) is 11.8 Å². The summed E-state index contributed by atoms with van der Waals surface area (Å²) in [7, 11) is 2.02. The molecule has 0 bridgehead atoms. The number of amides is 2. The topological polar surface area (TPSA) is 74.3 Å². The van der Waals surface area contributed by atoms with Gasteiger partial charge in [-0.2, -0.15) is 0 Å². The molecule has 0 spiro atoms. The number of hydrogen-bond donors (Lipinski definition) is 2. The van der Waals surface area contributed by atoms with Crippen molar-refractivity contribution in [3.63, 3.8) is 0 Å². The number of carbonyl (C=O) groups excluding carboxylic acids is 2. The standard InChI is InChI=1S/C17H22N4O2S/c1-12(2)21(3)10-9-19-17(23)15-14(6-11-24-15)20-16(22)13-4-7-18-8-5-13/h4-8,11-12H,9-10H2,1-3H3,(H,19,23)(H,20,22). The van der Waals surface area contributed by atoms with Crippen molar-refractivity contribution >= 4 is 28.8 Å². The average Bonchev–Trinajstić information content (AvgIpc) is 3.03. The minimum Gasteiger partial charge on any atom is -0.350 e. The number of thiophene rings is 1. The summed E-state index contributed by atoms with van der Waals surface area (Å²) in [5.41, 5.74) is 1.03. The van der Waals surface area contributed by atoms with E-state index in [1.807, 2.05) is 7.05 Å². The molecule has 2 N–H and O–H groups in total. The van der Waals surface area contributed by atoms with Crippen molar-refractivity contribution in [3.8, 4) is 0 Å². The van der Waals surface area contributed by atoms with Crippen LogP contribution in [0.5, 0.6) is 0 Å². The number of nitrogens with zero attached hydrogens (tertiary/aromatic N) is 2. The van der Waals surface area contributed by atoms with E-state index >= 15 is 0 Å². The van der Waals surface area contributed by atoms with Crippen molar-refractivity contribution in [1.29, 1.82) is 0 Å². The highest BCUT2D eigenvalue weighted by Crippen LogP contribution is 2.22. The van der Waals surface area contributed by atoms with Crippen LogP contribution in [0, 0.1) is 0 Å². The van der Waals surface area contributed by atoms with Gasteiger partial charge >= 0.3 is 0 Å². The van der Waals surface area contributed by atoms with Crippen molar-refractivity contribution in [2.45, 2.75) is 19.9 Å². The van der Waals surface area contributed by atoms with Crippen molar-refractivity contribution < 1.29 is 9.59 Å². The van der Waals surface area contributed by atoms with Gasteiger partial charge in [0.1, 0.15) is 4.88 Å². The van der Waals surface area contributed by atoms with Crippen LogP contribution in [0.25, 0.3) is 0 Å². The van der Waals surface area contributed by atoms with E-state index in [4.69, 9.17) is 0 Å². The molecule has 0 radical (unpaired) electrons. The molecule has 2 amide bonds. The number of rotatable bonds is 7. The molecule has 0 saturated carbocycles. The quantitative estimate of drug-likeness (QED) is 0.808. The second-order valence-electron chi connectivity index (χ2n) is 5.68. The monoisotopic (exact) mass is 346 g/mol. The Morgan fingerprint density at radius 3 is 2.58 bits per heavy atom. The van der Waals surface area contributed by atoms with Gasteiger partial charge in [-0.05, 0) is 44.5 Å². The summed E-state index contributed by atoms with van der Waals surface area (Å²) < 4.78 is 0. The van der Waals surface area contributed by atoms with Crippen molar-refractivity contribution in [2.24, 2.45) is 0 Å². The lowest BCUT2D eigenvalue weighted by atomic mass is 10.2. The Hall–Kier alpha value is -2.25.